The molecule has 0 spiro atoms. The zero-order valence-electron chi connectivity index (χ0n) is 24.4. The smallest absolute Gasteiger partial charge is 0.255 e. The van der Waals surface area contributed by atoms with Crippen molar-refractivity contribution in [2.24, 2.45) is 5.92 Å². The van der Waals surface area contributed by atoms with Crippen LogP contribution in [0.15, 0.2) is 60.7 Å². The predicted molar refractivity (Wildman–Crippen MR) is 172 cm³/mol. The fourth-order valence-corrected chi connectivity index (χ4v) is 8.57. The second kappa shape index (κ2) is 15.8. The number of piperidine rings is 1. The Labute approximate surface area is 258 Å². The molecule has 9 heteroatoms. The molecule has 2 aromatic carbocycles. The molecule has 3 amide bonds. The van der Waals surface area contributed by atoms with Gasteiger partial charge >= 0.3 is 0 Å². The number of hydrogen-bond donors (Lipinski definition) is 2. The fraction of sp³-hybridized carbons (Fsp3) is 0.545. The van der Waals surface area contributed by atoms with Gasteiger partial charge in [-0.15, -0.1) is 11.8 Å². The van der Waals surface area contributed by atoms with Crippen LogP contribution in [0.4, 0.5) is 0 Å². The van der Waals surface area contributed by atoms with Gasteiger partial charge < -0.3 is 15.5 Å². The average Bonchev–Trinajstić information content (AvgIpc) is 3.53. The number of rotatable bonds is 11. The first-order chi connectivity index (χ1) is 20.6. The van der Waals surface area contributed by atoms with Gasteiger partial charge in [0.2, 0.25) is 11.8 Å². The summed E-state index contributed by atoms with van der Waals surface area (Å²) in [7, 11) is 0. The first kappa shape index (κ1) is 31.0. The van der Waals surface area contributed by atoms with E-state index in [1.54, 1.807) is 40.6 Å². The number of carbonyl (C=O) groups excluding carboxylic acids is 3. The van der Waals surface area contributed by atoms with Gasteiger partial charge in [-0.2, -0.15) is 11.8 Å². The monoisotopic (exact) mass is 608 g/mol. The Balaban J connectivity index is 1.17. The van der Waals surface area contributed by atoms with Gasteiger partial charge in [0.25, 0.3) is 5.91 Å². The second-order valence-electron chi connectivity index (χ2n) is 11.8. The number of nitrogens with one attached hydrogen (secondary N) is 2. The summed E-state index contributed by atoms with van der Waals surface area (Å²) in [6.07, 6.45) is 8.21. The molecule has 2 heterocycles. The summed E-state index contributed by atoms with van der Waals surface area (Å²) >= 11 is 3.36. The van der Waals surface area contributed by atoms with Crippen molar-refractivity contribution >= 4 is 41.2 Å². The summed E-state index contributed by atoms with van der Waals surface area (Å²) in [5.74, 6) is 2.79. The number of carbonyl (C=O) groups is 3. The van der Waals surface area contributed by atoms with Crippen LogP contribution in [0.1, 0.15) is 60.9 Å². The van der Waals surface area contributed by atoms with E-state index in [2.05, 4.69) is 39.8 Å². The quantitative estimate of drug-likeness (QED) is 0.382. The van der Waals surface area contributed by atoms with Crippen molar-refractivity contribution in [3.8, 4) is 0 Å². The highest BCUT2D eigenvalue weighted by atomic mass is 32.2. The van der Waals surface area contributed by atoms with E-state index < -0.39 is 12.1 Å². The largest absolute Gasteiger partial charge is 0.351 e. The Morgan fingerprint density at radius 2 is 1.60 bits per heavy atom. The van der Waals surface area contributed by atoms with Gasteiger partial charge in [0.15, 0.2) is 0 Å². The normalized spacial score (nSPS) is 21.1. The molecule has 5 rings (SSSR count). The van der Waals surface area contributed by atoms with Gasteiger partial charge in [-0.25, -0.2) is 0 Å². The molecular formula is C33H44N4O3S2. The highest BCUT2D eigenvalue weighted by Crippen LogP contribution is 2.27. The van der Waals surface area contributed by atoms with Gasteiger partial charge in [0.05, 0.1) is 5.88 Å². The molecule has 3 aliphatic rings. The van der Waals surface area contributed by atoms with Crippen molar-refractivity contribution in [1.29, 1.82) is 0 Å². The molecule has 2 aromatic rings. The lowest BCUT2D eigenvalue weighted by molar-refractivity contribution is -0.130. The van der Waals surface area contributed by atoms with Crippen molar-refractivity contribution in [2.45, 2.75) is 69.6 Å². The van der Waals surface area contributed by atoms with E-state index in [1.807, 2.05) is 24.3 Å². The zero-order chi connectivity index (χ0) is 29.1. The summed E-state index contributed by atoms with van der Waals surface area (Å²) in [6.45, 7) is 2.79. The SMILES string of the molecule is O=C(N[C@@H](CSCC1CCCCC1)C(=O)NC1CCN(Cc2ccccc2)CC1)C1CSCN1C(=O)c1ccccc1. The van der Waals surface area contributed by atoms with Crippen LogP contribution in [0.5, 0.6) is 0 Å². The van der Waals surface area contributed by atoms with E-state index in [0.29, 0.717) is 28.9 Å². The highest BCUT2D eigenvalue weighted by molar-refractivity contribution is 7.99. The molecule has 42 heavy (non-hydrogen) atoms. The van der Waals surface area contributed by atoms with E-state index in [1.165, 1.54) is 37.7 Å². The maximum absolute atomic E-state index is 13.6. The molecule has 3 fully saturated rings. The Morgan fingerprint density at radius 1 is 0.905 bits per heavy atom. The molecule has 1 aliphatic carbocycles. The van der Waals surface area contributed by atoms with Crippen LogP contribution in [0, 0.1) is 5.92 Å². The highest BCUT2D eigenvalue weighted by Gasteiger charge is 2.37. The van der Waals surface area contributed by atoms with Crippen molar-refractivity contribution < 1.29 is 14.4 Å². The second-order valence-corrected chi connectivity index (χ2v) is 13.9. The third-order valence-corrected chi connectivity index (χ3v) is 10.9. The molecule has 1 saturated carbocycles. The van der Waals surface area contributed by atoms with Gasteiger partial charge in [-0.3, -0.25) is 19.3 Å². The molecule has 0 radical (unpaired) electrons. The topological polar surface area (TPSA) is 81.8 Å². The number of nitrogens with zero attached hydrogens (tertiary/aromatic N) is 2. The van der Waals surface area contributed by atoms with Gasteiger partial charge in [0.1, 0.15) is 12.1 Å². The number of likely N-dealkylation sites (tertiary alicyclic amines) is 1. The van der Waals surface area contributed by atoms with Crippen molar-refractivity contribution in [1.82, 2.24) is 20.4 Å². The minimum atomic E-state index is -0.618. The van der Waals surface area contributed by atoms with Crippen LogP contribution < -0.4 is 10.6 Å². The molecule has 1 unspecified atom stereocenters. The van der Waals surface area contributed by atoms with Gasteiger partial charge in [0, 0.05) is 42.7 Å². The summed E-state index contributed by atoms with van der Waals surface area (Å²) in [5, 5.41) is 6.34. The zero-order valence-corrected chi connectivity index (χ0v) is 26.1. The Hall–Kier alpha value is -2.49. The Kier molecular flexibility index (Phi) is 11.7. The van der Waals surface area contributed by atoms with Crippen LogP contribution in [0.2, 0.25) is 0 Å². The van der Waals surface area contributed by atoms with E-state index in [0.717, 1.165) is 38.2 Å². The standard InChI is InChI=1S/C33H44N4O3S2/c38-31(34-28-16-18-36(19-17-28)20-25-10-4-1-5-11-25)29(22-41-21-26-12-6-2-7-13-26)35-32(39)30-23-42-24-37(30)33(40)27-14-8-3-9-15-27/h1,3-5,8-11,14-15,26,28-30H,2,6-7,12-13,16-24H2,(H,34,38)(H,35,39)/t29-,30?/m0/s1. The van der Waals surface area contributed by atoms with E-state index in [9.17, 15) is 14.4 Å². The van der Waals surface area contributed by atoms with Crippen LogP contribution in [0.25, 0.3) is 0 Å². The maximum atomic E-state index is 13.6. The minimum absolute atomic E-state index is 0.102. The molecule has 7 nitrogen and oxygen atoms in total. The number of amides is 3. The number of benzene rings is 2. The lowest BCUT2D eigenvalue weighted by atomic mass is 9.91. The molecule has 0 aromatic heterocycles. The van der Waals surface area contributed by atoms with Crippen LogP contribution in [-0.2, 0) is 16.1 Å². The first-order valence-electron chi connectivity index (χ1n) is 15.5. The van der Waals surface area contributed by atoms with Crippen molar-refractivity contribution in [3.63, 3.8) is 0 Å². The van der Waals surface area contributed by atoms with Crippen LogP contribution in [-0.4, -0.2) is 81.9 Å². The number of thioether (sulfide) groups is 2. The van der Waals surface area contributed by atoms with Crippen LogP contribution in [0.3, 0.4) is 0 Å². The third-order valence-electron chi connectivity index (χ3n) is 8.65. The lowest BCUT2D eigenvalue weighted by Crippen LogP contribution is -2.56. The molecule has 0 bridgehead atoms. The fourth-order valence-electron chi connectivity index (χ4n) is 6.14. The van der Waals surface area contributed by atoms with Crippen molar-refractivity contribution in [2.75, 3.05) is 36.2 Å². The molecule has 2 saturated heterocycles. The van der Waals surface area contributed by atoms with Crippen molar-refractivity contribution in [3.05, 3.63) is 71.8 Å². The Bertz CT molecular complexity index is 1150. The first-order valence-corrected chi connectivity index (χ1v) is 17.8. The lowest BCUT2D eigenvalue weighted by Gasteiger charge is -2.33. The molecule has 2 aliphatic heterocycles. The molecular weight excluding hydrogens is 565 g/mol. The average molecular weight is 609 g/mol. The van der Waals surface area contributed by atoms with E-state index in [4.69, 9.17) is 0 Å². The van der Waals surface area contributed by atoms with E-state index >= 15 is 0 Å². The summed E-state index contributed by atoms with van der Waals surface area (Å²) < 4.78 is 0. The maximum Gasteiger partial charge on any atom is 0.255 e. The summed E-state index contributed by atoms with van der Waals surface area (Å²) in [6, 6.07) is 18.5. The van der Waals surface area contributed by atoms with E-state index in [-0.39, 0.29) is 23.8 Å². The Morgan fingerprint density at radius 3 is 2.31 bits per heavy atom. The molecule has 2 atom stereocenters. The predicted octanol–water partition coefficient (Wildman–Crippen LogP) is 4.78. The minimum Gasteiger partial charge on any atom is -0.351 e. The van der Waals surface area contributed by atoms with Gasteiger partial charge in [-0.05, 0) is 55.1 Å². The summed E-state index contributed by atoms with van der Waals surface area (Å²) in [4.78, 5) is 44.4. The molecule has 2 N–H and O–H groups in total. The van der Waals surface area contributed by atoms with Crippen LogP contribution >= 0.6 is 23.5 Å². The third kappa shape index (κ3) is 8.77. The molecule has 226 valence electrons. The number of hydrogen-bond acceptors (Lipinski definition) is 6. The summed E-state index contributed by atoms with van der Waals surface area (Å²) in [5.41, 5.74) is 1.89. The van der Waals surface area contributed by atoms with Gasteiger partial charge in [-0.1, -0.05) is 67.8 Å².